The van der Waals surface area contributed by atoms with Gasteiger partial charge < -0.3 is 11.1 Å². The van der Waals surface area contributed by atoms with Crippen LogP contribution < -0.4 is 11.1 Å². The van der Waals surface area contributed by atoms with E-state index in [0.29, 0.717) is 17.1 Å². The Labute approximate surface area is 141 Å². The predicted octanol–water partition coefficient (Wildman–Crippen LogP) is 2.72. The molecule has 7 heteroatoms. The lowest BCUT2D eigenvalue weighted by Crippen LogP contribution is -2.48. The standard InChI is InChI=1S/C15H19ClN4O.ClH/c1-10-13(14(21)19-15(2,3)9-17)8-18-20(10)12-6-4-5-11(16)7-12;/h4-8H,9,17H2,1-3H3,(H,19,21);1H. The van der Waals surface area contributed by atoms with E-state index in [1.54, 1.807) is 23.0 Å². The summed E-state index contributed by atoms with van der Waals surface area (Å²) in [4.78, 5) is 12.3. The van der Waals surface area contributed by atoms with Gasteiger partial charge in [0.2, 0.25) is 0 Å². The molecule has 0 radical (unpaired) electrons. The maximum atomic E-state index is 12.3. The minimum Gasteiger partial charge on any atom is -0.346 e. The zero-order valence-electron chi connectivity index (χ0n) is 12.8. The average Bonchev–Trinajstić information content (AvgIpc) is 2.80. The Hall–Kier alpha value is -1.56. The van der Waals surface area contributed by atoms with Gasteiger partial charge in [-0.1, -0.05) is 17.7 Å². The number of carbonyl (C=O) groups is 1. The molecule has 0 aliphatic rings. The molecule has 1 aromatic heterocycles. The lowest BCUT2D eigenvalue weighted by Gasteiger charge is -2.24. The molecule has 120 valence electrons. The Bertz CT molecular complexity index is 667. The van der Waals surface area contributed by atoms with Crippen LogP contribution in [0.3, 0.4) is 0 Å². The molecule has 2 rings (SSSR count). The number of hydrogen-bond acceptors (Lipinski definition) is 3. The highest BCUT2D eigenvalue weighted by Gasteiger charge is 2.22. The van der Waals surface area contributed by atoms with Gasteiger partial charge in [0.05, 0.1) is 23.1 Å². The number of nitrogens with two attached hydrogens (primary N) is 1. The van der Waals surface area contributed by atoms with Gasteiger partial charge in [0.15, 0.2) is 0 Å². The van der Waals surface area contributed by atoms with Crippen LogP contribution in [0.25, 0.3) is 5.69 Å². The van der Waals surface area contributed by atoms with Gasteiger partial charge in [-0.05, 0) is 39.0 Å². The third-order valence-corrected chi connectivity index (χ3v) is 3.50. The number of nitrogens with one attached hydrogen (secondary N) is 1. The number of amides is 1. The van der Waals surface area contributed by atoms with Crippen LogP contribution in [-0.2, 0) is 0 Å². The molecule has 5 nitrogen and oxygen atoms in total. The largest absolute Gasteiger partial charge is 0.346 e. The highest BCUT2D eigenvalue weighted by molar-refractivity contribution is 6.30. The van der Waals surface area contributed by atoms with Crippen molar-refractivity contribution in [2.75, 3.05) is 6.54 Å². The molecule has 1 heterocycles. The van der Waals surface area contributed by atoms with Crippen LogP contribution in [0.4, 0.5) is 0 Å². The molecule has 0 saturated heterocycles. The van der Waals surface area contributed by atoms with Gasteiger partial charge >= 0.3 is 0 Å². The summed E-state index contributed by atoms with van der Waals surface area (Å²) >= 11 is 5.99. The Morgan fingerprint density at radius 2 is 2.14 bits per heavy atom. The predicted molar refractivity (Wildman–Crippen MR) is 91.2 cm³/mol. The van der Waals surface area contributed by atoms with Crippen LogP contribution in [0.1, 0.15) is 29.9 Å². The third-order valence-electron chi connectivity index (χ3n) is 3.27. The van der Waals surface area contributed by atoms with Crippen molar-refractivity contribution < 1.29 is 4.79 Å². The van der Waals surface area contributed by atoms with E-state index >= 15 is 0 Å². The lowest BCUT2D eigenvalue weighted by atomic mass is 10.1. The number of aromatic nitrogens is 2. The first kappa shape index (κ1) is 18.5. The summed E-state index contributed by atoms with van der Waals surface area (Å²) in [6, 6.07) is 7.32. The molecule has 0 aliphatic heterocycles. The summed E-state index contributed by atoms with van der Waals surface area (Å²) in [6.07, 6.45) is 1.55. The highest BCUT2D eigenvalue weighted by atomic mass is 35.5. The number of halogens is 2. The lowest BCUT2D eigenvalue weighted by molar-refractivity contribution is 0.0915. The van der Waals surface area contributed by atoms with E-state index in [9.17, 15) is 4.79 Å². The molecule has 0 spiro atoms. The van der Waals surface area contributed by atoms with E-state index < -0.39 is 5.54 Å². The van der Waals surface area contributed by atoms with Crippen LogP contribution in [-0.4, -0.2) is 27.8 Å². The van der Waals surface area contributed by atoms with Crippen molar-refractivity contribution in [3.63, 3.8) is 0 Å². The number of carbonyl (C=O) groups excluding carboxylic acids is 1. The maximum Gasteiger partial charge on any atom is 0.255 e. The molecule has 0 atom stereocenters. The normalized spacial score (nSPS) is 11.0. The van der Waals surface area contributed by atoms with Crippen LogP contribution >= 0.6 is 24.0 Å². The van der Waals surface area contributed by atoms with E-state index in [1.165, 1.54) is 0 Å². The van der Waals surface area contributed by atoms with Crippen molar-refractivity contribution in [2.24, 2.45) is 5.73 Å². The number of rotatable bonds is 4. The van der Waals surface area contributed by atoms with Gasteiger partial charge in [0.1, 0.15) is 0 Å². The van der Waals surface area contributed by atoms with E-state index in [0.717, 1.165) is 11.4 Å². The molecule has 0 bridgehead atoms. The fraction of sp³-hybridized carbons (Fsp3) is 0.333. The van der Waals surface area contributed by atoms with Gasteiger partial charge in [-0.3, -0.25) is 4.79 Å². The van der Waals surface area contributed by atoms with E-state index in [-0.39, 0.29) is 18.3 Å². The van der Waals surface area contributed by atoms with Crippen molar-refractivity contribution >= 4 is 29.9 Å². The monoisotopic (exact) mass is 342 g/mol. The molecule has 1 amide bonds. The Morgan fingerprint density at radius 3 is 2.73 bits per heavy atom. The van der Waals surface area contributed by atoms with Crippen LogP contribution in [0.2, 0.25) is 5.02 Å². The Kier molecular flexibility index (Phi) is 6.00. The third kappa shape index (κ3) is 4.00. The first-order valence-electron chi connectivity index (χ1n) is 6.67. The molecule has 1 aromatic carbocycles. The van der Waals surface area contributed by atoms with Gasteiger partial charge in [-0.15, -0.1) is 12.4 Å². The minimum atomic E-state index is -0.457. The van der Waals surface area contributed by atoms with Gasteiger partial charge in [-0.25, -0.2) is 4.68 Å². The molecule has 0 unspecified atom stereocenters. The fourth-order valence-electron chi connectivity index (χ4n) is 1.93. The maximum absolute atomic E-state index is 12.3. The Morgan fingerprint density at radius 1 is 1.45 bits per heavy atom. The summed E-state index contributed by atoms with van der Waals surface area (Å²) in [7, 11) is 0. The topological polar surface area (TPSA) is 72.9 Å². The summed E-state index contributed by atoms with van der Waals surface area (Å²) in [5.74, 6) is -0.184. The second kappa shape index (κ2) is 7.13. The zero-order chi connectivity index (χ0) is 15.6. The molecule has 0 aliphatic carbocycles. The van der Waals surface area contributed by atoms with Crippen LogP contribution in [0.5, 0.6) is 0 Å². The summed E-state index contributed by atoms with van der Waals surface area (Å²) in [5.41, 5.74) is 7.27. The molecule has 0 saturated carbocycles. The fourth-order valence-corrected chi connectivity index (χ4v) is 2.11. The van der Waals surface area contributed by atoms with E-state index in [4.69, 9.17) is 17.3 Å². The molecule has 3 N–H and O–H groups in total. The van der Waals surface area contributed by atoms with Crippen molar-refractivity contribution in [3.05, 3.63) is 46.7 Å². The van der Waals surface area contributed by atoms with Crippen LogP contribution in [0.15, 0.2) is 30.5 Å². The second-order valence-electron chi connectivity index (χ2n) is 5.58. The van der Waals surface area contributed by atoms with Gasteiger partial charge in [0, 0.05) is 17.1 Å². The molecule has 0 fully saturated rings. The molecule has 22 heavy (non-hydrogen) atoms. The second-order valence-corrected chi connectivity index (χ2v) is 6.01. The van der Waals surface area contributed by atoms with Crippen molar-refractivity contribution in [3.8, 4) is 5.69 Å². The average molecular weight is 343 g/mol. The summed E-state index contributed by atoms with van der Waals surface area (Å²) < 4.78 is 1.69. The number of benzene rings is 1. The molecule has 2 aromatic rings. The number of hydrogen-bond donors (Lipinski definition) is 2. The van der Waals surface area contributed by atoms with Gasteiger partial charge in [0.25, 0.3) is 5.91 Å². The SMILES string of the molecule is Cc1c(C(=O)NC(C)(C)CN)cnn1-c1cccc(Cl)c1.Cl. The van der Waals surface area contributed by atoms with Crippen molar-refractivity contribution in [1.29, 1.82) is 0 Å². The van der Waals surface area contributed by atoms with Gasteiger partial charge in [-0.2, -0.15) is 5.10 Å². The highest BCUT2D eigenvalue weighted by Crippen LogP contribution is 2.18. The smallest absolute Gasteiger partial charge is 0.255 e. The van der Waals surface area contributed by atoms with Crippen molar-refractivity contribution in [2.45, 2.75) is 26.3 Å². The summed E-state index contributed by atoms with van der Waals surface area (Å²) in [5, 5.41) is 7.79. The minimum absolute atomic E-state index is 0. The van der Waals surface area contributed by atoms with E-state index in [1.807, 2.05) is 32.9 Å². The van der Waals surface area contributed by atoms with E-state index in [2.05, 4.69) is 10.4 Å². The zero-order valence-corrected chi connectivity index (χ0v) is 14.3. The molecular formula is C15H20Cl2N4O. The van der Waals surface area contributed by atoms with Crippen LogP contribution in [0, 0.1) is 6.92 Å². The Balaban J connectivity index is 0.00000242. The number of nitrogens with zero attached hydrogens (tertiary/aromatic N) is 2. The van der Waals surface area contributed by atoms with Crippen molar-refractivity contribution in [1.82, 2.24) is 15.1 Å². The first-order chi connectivity index (χ1) is 9.84. The summed E-state index contributed by atoms with van der Waals surface area (Å²) in [6.45, 7) is 5.96. The quantitative estimate of drug-likeness (QED) is 0.897. The first-order valence-corrected chi connectivity index (χ1v) is 7.05. The molecular weight excluding hydrogens is 323 g/mol.